The lowest BCUT2D eigenvalue weighted by molar-refractivity contribution is -0.109. The van der Waals surface area contributed by atoms with Gasteiger partial charge in [-0.25, -0.2) is 4.79 Å². The average molecular weight is 235 g/mol. The van der Waals surface area contributed by atoms with Crippen molar-refractivity contribution in [3.63, 3.8) is 0 Å². The zero-order valence-corrected chi connectivity index (χ0v) is 9.42. The summed E-state index contributed by atoms with van der Waals surface area (Å²) in [6.45, 7) is 0. The van der Waals surface area contributed by atoms with E-state index in [1.54, 1.807) is 19.2 Å². The third-order valence-electron chi connectivity index (χ3n) is 2.95. The predicted octanol–water partition coefficient (Wildman–Crippen LogP) is 1.69. The first kappa shape index (κ1) is 11.4. The lowest BCUT2D eigenvalue weighted by atomic mass is 9.96. The van der Waals surface area contributed by atoms with Gasteiger partial charge in [0.15, 0.2) is 0 Å². The summed E-state index contributed by atoms with van der Waals surface area (Å²) in [5, 5.41) is 9.15. The highest BCUT2D eigenvalue weighted by atomic mass is 16.5. The van der Waals surface area contributed by atoms with Gasteiger partial charge in [-0.3, -0.25) is 4.90 Å². The molecule has 1 aromatic carbocycles. The molecule has 17 heavy (non-hydrogen) atoms. The number of aldehydes is 1. The third kappa shape index (κ3) is 1.95. The molecule has 90 valence electrons. The fourth-order valence-electron chi connectivity index (χ4n) is 2.11. The Bertz CT molecular complexity index is 458. The summed E-state index contributed by atoms with van der Waals surface area (Å²) in [6.07, 6.45) is 0.769. The van der Waals surface area contributed by atoms with E-state index in [0.29, 0.717) is 30.6 Å². The van der Waals surface area contributed by atoms with Crippen molar-refractivity contribution in [1.82, 2.24) is 0 Å². The molecule has 0 fully saturated rings. The van der Waals surface area contributed by atoms with E-state index >= 15 is 0 Å². The minimum Gasteiger partial charge on any atom is -0.497 e. The number of fused-ring (bicyclic) bond motifs is 1. The molecule has 2 rings (SSSR count). The monoisotopic (exact) mass is 235 g/mol. The summed E-state index contributed by atoms with van der Waals surface area (Å²) in [6, 6.07) is 4.60. The van der Waals surface area contributed by atoms with Crippen LogP contribution in [0.2, 0.25) is 0 Å². The molecular formula is C12H13NO4. The second kappa shape index (κ2) is 4.45. The van der Waals surface area contributed by atoms with E-state index in [2.05, 4.69) is 0 Å². The molecule has 0 spiro atoms. The summed E-state index contributed by atoms with van der Waals surface area (Å²) >= 11 is 0. The van der Waals surface area contributed by atoms with Crippen molar-refractivity contribution in [2.24, 2.45) is 0 Å². The van der Waals surface area contributed by atoms with E-state index in [9.17, 15) is 9.59 Å². The molecule has 0 unspecified atom stereocenters. The van der Waals surface area contributed by atoms with Crippen molar-refractivity contribution in [3.05, 3.63) is 23.8 Å². The maximum atomic E-state index is 11.2. The van der Waals surface area contributed by atoms with Crippen LogP contribution in [0.4, 0.5) is 10.5 Å². The van der Waals surface area contributed by atoms with E-state index in [1.807, 2.05) is 6.07 Å². The smallest absolute Gasteiger partial charge is 0.412 e. The van der Waals surface area contributed by atoms with Crippen molar-refractivity contribution >= 4 is 18.1 Å². The molecule has 0 bridgehead atoms. The predicted molar refractivity (Wildman–Crippen MR) is 61.7 cm³/mol. The van der Waals surface area contributed by atoms with Crippen molar-refractivity contribution in [2.45, 2.75) is 18.9 Å². The Balaban J connectivity index is 2.46. The van der Waals surface area contributed by atoms with Gasteiger partial charge in [0.2, 0.25) is 0 Å². The van der Waals surface area contributed by atoms with Crippen LogP contribution >= 0.6 is 0 Å². The molecule has 0 aromatic heterocycles. The van der Waals surface area contributed by atoms with E-state index in [-0.39, 0.29) is 0 Å². The zero-order valence-electron chi connectivity index (χ0n) is 9.42. The highest BCUT2D eigenvalue weighted by Gasteiger charge is 2.30. The minimum atomic E-state index is -1.10. The minimum absolute atomic E-state index is 0.510. The number of ether oxygens (including phenoxy) is 1. The Hall–Kier alpha value is -2.04. The molecule has 1 N–H and O–H groups in total. The van der Waals surface area contributed by atoms with Crippen molar-refractivity contribution < 1.29 is 19.4 Å². The molecule has 5 nitrogen and oxygen atoms in total. The highest BCUT2D eigenvalue weighted by Crippen LogP contribution is 2.32. The molecule has 0 aliphatic carbocycles. The van der Waals surface area contributed by atoms with Gasteiger partial charge in [0.1, 0.15) is 12.0 Å². The SMILES string of the molecule is COc1ccc2c(c1)CC[C@H](C=O)N2C(=O)O. The number of carbonyl (C=O) groups is 2. The van der Waals surface area contributed by atoms with Gasteiger partial charge in [0, 0.05) is 0 Å². The van der Waals surface area contributed by atoms with Crippen LogP contribution in [0.3, 0.4) is 0 Å². The van der Waals surface area contributed by atoms with Crippen LogP contribution in [0, 0.1) is 0 Å². The second-order valence-corrected chi connectivity index (χ2v) is 3.89. The fraction of sp³-hybridized carbons (Fsp3) is 0.333. The van der Waals surface area contributed by atoms with Crippen molar-refractivity contribution in [1.29, 1.82) is 0 Å². The molecule has 5 heteroatoms. The molecule has 1 aromatic rings. The topological polar surface area (TPSA) is 66.8 Å². The Morgan fingerprint density at radius 3 is 2.94 bits per heavy atom. The largest absolute Gasteiger partial charge is 0.497 e. The maximum Gasteiger partial charge on any atom is 0.412 e. The zero-order chi connectivity index (χ0) is 12.4. The Morgan fingerprint density at radius 1 is 1.59 bits per heavy atom. The number of nitrogens with zero attached hydrogens (tertiary/aromatic N) is 1. The molecule has 1 aliphatic heterocycles. The Morgan fingerprint density at radius 2 is 2.35 bits per heavy atom. The number of rotatable bonds is 2. The molecular weight excluding hydrogens is 222 g/mol. The van der Waals surface area contributed by atoms with Crippen LogP contribution in [0.1, 0.15) is 12.0 Å². The van der Waals surface area contributed by atoms with Gasteiger partial charge in [-0.05, 0) is 36.6 Å². The van der Waals surface area contributed by atoms with Gasteiger partial charge in [-0.1, -0.05) is 0 Å². The number of hydrogen-bond donors (Lipinski definition) is 1. The quantitative estimate of drug-likeness (QED) is 0.792. The van der Waals surface area contributed by atoms with Crippen LogP contribution in [0.5, 0.6) is 5.75 Å². The van der Waals surface area contributed by atoms with Crippen LogP contribution in [0.25, 0.3) is 0 Å². The number of amides is 1. The molecule has 1 atom stereocenters. The first-order chi connectivity index (χ1) is 8.17. The Labute approximate surface area is 98.6 Å². The molecule has 1 aliphatic rings. The van der Waals surface area contributed by atoms with E-state index < -0.39 is 12.1 Å². The summed E-state index contributed by atoms with van der Waals surface area (Å²) in [5.41, 5.74) is 1.46. The third-order valence-corrected chi connectivity index (χ3v) is 2.95. The molecule has 0 saturated carbocycles. The number of hydrogen-bond acceptors (Lipinski definition) is 3. The van der Waals surface area contributed by atoms with E-state index in [1.165, 1.54) is 0 Å². The second-order valence-electron chi connectivity index (χ2n) is 3.89. The number of methoxy groups -OCH3 is 1. The molecule has 1 amide bonds. The number of carbonyl (C=O) groups excluding carboxylic acids is 1. The number of carboxylic acid groups (broad SMARTS) is 1. The summed E-state index contributed by atoms with van der Waals surface area (Å²) in [4.78, 5) is 23.2. The Kier molecular flexibility index (Phi) is 2.99. The van der Waals surface area contributed by atoms with Gasteiger partial charge in [-0.2, -0.15) is 0 Å². The van der Waals surface area contributed by atoms with Crippen molar-refractivity contribution in [2.75, 3.05) is 12.0 Å². The molecule has 1 heterocycles. The molecule has 0 radical (unpaired) electrons. The van der Waals surface area contributed by atoms with Gasteiger partial charge >= 0.3 is 6.09 Å². The first-order valence-corrected chi connectivity index (χ1v) is 5.31. The number of anilines is 1. The van der Waals surface area contributed by atoms with Crippen LogP contribution in [-0.4, -0.2) is 30.6 Å². The van der Waals surface area contributed by atoms with E-state index in [4.69, 9.17) is 9.84 Å². The summed E-state index contributed by atoms with van der Waals surface area (Å²) < 4.78 is 5.09. The number of benzene rings is 1. The lowest BCUT2D eigenvalue weighted by Crippen LogP contribution is -2.43. The van der Waals surface area contributed by atoms with Gasteiger partial charge in [0.25, 0.3) is 0 Å². The fourth-order valence-corrected chi connectivity index (χ4v) is 2.11. The summed E-state index contributed by atoms with van der Waals surface area (Å²) in [5.74, 6) is 0.693. The highest BCUT2D eigenvalue weighted by molar-refractivity contribution is 5.93. The van der Waals surface area contributed by atoms with Gasteiger partial charge in [0.05, 0.1) is 18.8 Å². The standard InChI is InChI=1S/C12H13NO4/c1-17-10-4-5-11-8(6-10)2-3-9(7-14)13(11)12(15)16/h4-7,9H,2-3H2,1H3,(H,15,16)/t9-/m1/s1. The van der Waals surface area contributed by atoms with Gasteiger partial charge in [-0.15, -0.1) is 0 Å². The van der Waals surface area contributed by atoms with Crippen LogP contribution in [0.15, 0.2) is 18.2 Å². The van der Waals surface area contributed by atoms with Crippen LogP contribution < -0.4 is 9.64 Å². The number of aryl methyl sites for hydroxylation is 1. The van der Waals surface area contributed by atoms with Crippen molar-refractivity contribution in [3.8, 4) is 5.75 Å². The summed E-state index contributed by atoms with van der Waals surface area (Å²) in [7, 11) is 1.56. The lowest BCUT2D eigenvalue weighted by Gasteiger charge is -2.32. The van der Waals surface area contributed by atoms with Crippen LogP contribution in [-0.2, 0) is 11.2 Å². The molecule has 0 saturated heterocycles. The van der Waals surface area contributed by atoms with E-state index in [0.717, 1.165) is 10.5 Å². The maximum absolute atomic E-state index is 11.2. The van der Waals surface area contributed by atoms with Gasteiger partial charge < -0.3 is 14.6 Å². The normalized spacial score (nSPS) is 18.4. The first-order valence-electron chi connectivity index (χ1n) is 5.31. The average Bonchev–Trinajstić information content (AvgIpc) is 2.36.